The summed E-state index contributed by atoms with van der Waals surface area (Å²) in [5.74, 6) is -14.7. The summed E-state index contributed by atoms with van der Waals surface area (Å²) in [6.45, 7) is 7.54. The van der Waals surface area contributed by atoms with E-state index in [1.54, 1.807) is 30.9 Å². The average Bonchev–Trinajstić information content (AvgIpc) is 1.63. The lowest BCUT2D eigenvalue weighted by atomic mass is 9.74. The van der Waals surface area contributed by atoms with E-state index in [0.29, 0.717) is 38.5 Å². The minimum atomic E-state index is -5.20. The number of hydrogen-bond acceptors (Lipinski definition) is 12. The summed E-state index contributed by atoms with van der Waals surface area (Å²) in [6, 6.07) is -9.89. The van der Waals surface area contributed by atoms with Crippen molar-refractivity contribution in [3.8, 4) is 0 Å². The Bertz CT molecular complexity index is 3120. The Morgan fingerprint density at radius 2 is 1.20 bits per heavy atom. The van der Waals surface area contributed by atoms with Crippen LogP contribution in [0, 0.1) is 41.4 Å². The Balaban J connectivity index is 1.18. The first-order valence-electron chi connectivity index (χ1n) is 38.3. The predicted octanol–water partition coefficient (Wildman–Crippen LogP) is 7.43. The minimum Gasteiger partial charge on any atom is -0.377 e. The van der Waals surface area contributed by atoms with E-state index < -0.39 is 218 Å². The van der Waals surface area contributed by atoms with Gasteiger partial charge in [0.25, 0.3) is 0 Å². The number of amides is 11. The van der Waals surface area contributed by atoms with Gasteiger partial charge in [0.1, 0.15) is 66.1 Å². The summed E-state index contributed by atoms with van der Waals surface area (Å²) < 4.78 is 121. The molecule has 2 bridgehead atoms. The fraction of sp³-hybridized carbons (Fsp3) is 0.824. The Kier molecular flexibility index (Phi) is 28.8. The second kappa shape index (κ2) is 36.0. The van der Waals surface area contributed by atoms with Crippen LogP contribution in [0.5, 0.6) is 0 Å². The van der Waals surface area contributed by atoms with Gasteiger partial charge in [0.05, 0.1) is 25.1 Å². The number of nitrogens with zero attached hydrogens (tertiary/aromatic N) is 8. The molecule has 4 aliphatic carbocycles. The molecule has 4 aliphatic heterocycles. The van der Waals surface area contributed by atoms with Gasteiger partial charge in [0, 0.05) is 80.4 Å². The zero-order valence-corrected chi connectivity index (χ0v) is 62.8. The highest BCUT2D eigenvalue weighted by molar-refractivity contribution is 6.00. The van der Waals surface area contributed by atoms with Crippen molar-refractivity contribution in [2.75, 3.05) is 74.6 Å². The number of fused-ring (bicyclic) bond motifs is 4. The first kappa shape index (κ1) is 83.9. The quantitative estimate of drug-likeness (QED) is 0.113. The Labute approximate surface area is 612 Å². The number of hydrogen-bond donors (Lipinski definition) is 3. The van der Waals surface area contributed by atoms with E-state index in [1.165, 1.54) is 49.9 Å². The number of likely N-dealkylation sites (N-methyl/N-ethyl adjacent to an activating group) is 5. The third kappa shape index (κ3) is 20.2. The summed E-state index contributed by atoms with van der Waals surface area (Å²) in [5.41, 5.74) is -1.60. The smallest absolute Gasteiger partial charge is 0.377 e. The second-order valence-electron chi connectivity index (χ2n) is 31.4. The Hall–Kier alpha value is -6.69. The molecule has 105 heavy (non-hydrogen) atoms. The summed E-state index contributed by atoms with van der Waals surface area (Å²) in [5, 5.41) is 8.55. The molecule has 8 aliphatic rings. The molecule has 4 saturated carbocycles. The van der Waals surface area contributed by atoms with Crippen LogP contribution in [0.25, 0.3) is 0 Å². The van der Waals surface area contributed by atoms with Crippen molar-refractivity contribution in [3.05, 3.63) is 12.2 Å². The van der Waals surface area contributed by atoms with Crippen LogP contribution in [0.15, 0.2) is 12.2 Å². The first-order chi connectivity index (χ1) is 49.5. The maximum absolute atomic E-state index is 15.5. The summed E-state index contributed by atoms with van der Waals surface area (Å²) in [7, 11) is 6.96. The van der Waals surface area contributed by atoms with Gasteiger partial charge in [0.15, 0.2) is 0 Å². The van der Waals surface area contributed by atoms with Crippen molar-refractivity contribution in [3.63, 3.8) is 0 Å². The fourth-order valence-corrected chi connectivity index (χ4v) is 17.2. The number of halogens is 8. The van der Waals surface area contributed by atoms with E-state index in [9.17, 15) is 50.3 Å². The minimum absolute atomic E-state index is 0.0113. The number of carbonyl (C=O) groups excluding carboxylic acids is 11. The molecule has 4 heterocycles. The van der Waals surface area contributed by atoms with Gasteiger partial charge in [-0.15, -0.1) is 0 Å². The molecule has 0 aromatic heterocycles. The van der Waals surface area contributed by atoms with Crippen LogP contribution in [0.3, 0.4) is 0 Å². The number of alkyl halides is 8. The van der Waals surface area contributed by atoms with Gasteiger partial charge in [-0.25, -0.2) is 8.78 Å². The lowest BCUT2D eigenvalue weighted by Crippen LogP contribution is -2.68. The van der Waals surface area contributed by atoms with E-state index >= 15 is 37.5 Å². The zero-order valence-electron chi connectivity index (χ0n) is 62.8. The molecule has 31 heteroatoms. The second-order valence-corrected chi connectivity index (χ2v) is 31.4. The molecular formula is C74H113F8N11O12. The number of rotatable bonds is 14. The molecule has 592 valence electrons. The monoisotopic (exact) mass is 1500 g/mol. The SMILES string of the molecule is CCO[C@@H]1C[C@H]2C(=O)NC3(CCC3)C(=O)N(C)[C@@H](C(CC)CC)C(=O)N3CCC[C@@H]3CC(=O)N(C)[C@@H](CC3CC3)C(=O)N[C@@H]([C@@H](C)CC)C(=O)N(C)CC(=O)N(C)[C@H]3C/C=C\CCN(C3=O)[C@@H](CC3CCC(C(F)(F)F)CC3)C(=O)N(C)CC(=O)N[C@@H](CCC3CC(F)C(C(F)(F)F)C(F)C3)C(=O)N2C1. The standard InChI is InChI=1S/C74H113F8N11O12/c1-11-43(5)62-69(102)87(7)42-60(96)88(8)54-21-16-15-17-32-92(68(54)101)57(37-45-24-27-48(28-25-45)73(77,78)79)67(100)86(6)41-58(94)83-53(29-26-46-34-51(75)61(52(76)35-46)74(80,81)82)66(99)93-40-50(105-14-4)39-56(93)65(98)85-72(30-19-31-72)71(104)90(10)63(47(12-2)13-3)70(103)91-33-18-20-49(91)38-59(95)89(9)55(64(97)84-62)36-44-22-23-44/h15-16,43-57,61-63H,11-14,17-42H2,1-10H3,(H,83,94)(H,84,97)(H,85,98)/b16-15-/t43-,45?,46?,48?,49+,50+,51?,52?,53-,54-,55-,56-,57-,61?,62-,63-/m0/s1. The van der Waals surface area contributed by atoms with E-state index in [-0.39, 0.29) is 116 Å². The number of nitrogens with one attached hydrogen (secondary N) is 3. The molecule has 2 unspecified atom stereocenters. The highest BCUT2D eigenvalue weighted by atomic mass is 19.4. The molecule has 0 aromatic carbocycles. The van der Waals surface area contributed by atoms with Crippen LogP contribution in [0.1, 0.15) is 189 Å². The third-order valence-electron chi connectivity index (χ3n) is 24.3. The summed E-state index contributed by atoms with van der Waals surface area (Å²) >= 11 is 0. The molecule has 8 rings (SSSR count). The molecule has 12 atom stereocenters. The number of carbonyl (C=O) groups is 11. The van der Waals surface area contributed by atoms with Gasteiger partial charge >= 0.3 is 12.4 Å². The van der Waals surface area contributed by atoms with E-state index in [0.717, 1.165) is 32.4 Å². The van der Waals surface area contributed by atoms with Crippen molar-refractivity contribution in [1.29, 1.82) is 0 Å². The lowest BCUT2D eigenvalue weighted by molar-refractivity contribution is -0.219. The van der Waals surface area contributed by atoms with Gasteiger partial charge in [-0.1, -0.05) is 72.0 Å². The fourth-order valence-electron chi connectivity index (χ4n) is 17.2. The zero-order chi connectivity index (χ0) is 77.3. The molecule has 3 N–H and O–H groups in total. The van der Waals surface area contributed by atoms with Crippen molar-refractivity contribution in [1.82, 2.24) is 55.1 Å². The maximum Gasteiger partial charge on any atom is 0.397 e. The average molecular weight is 1500 g/mol. The first-order valence-corrected chi connectivity index (χ1v) is 38.3. The van der Waals surface area contributed by atoms with Crippen molar-refractivity contribution in [2.45, 2.75) is 273 Å². The summed E-state index contributed by atoms with van der Waals surface area (Å²) in [6.07, 6.45) is -10.7. The van der Waals surface area contributed by atoms with E-state index in [4.69, 9.17) is 4.74 Å². The molecule has 1 spiro atoms. The number of ether oxygens (including phenoxy) is 1. The molecule has 11 amide bonds. The van der Waals surface area contributed by atoms with Gasteiger partial charge in [-0.3, -0.25) is 52.7 Å². The van der Waals surface area contributed by atoms with Gasteiger partial charge in [-0.2, -0.15) is 26.3 Å². The van der Waals surface area contributed by atoms with Crippen LogP contribution < -0.4 is 16.0 Å². The molecule has 7 fully saturated rings. The molecule has 23 nitrogen and oxygen atoms in total. The van der Waals surface area contributed by atoms with Gasteiger partial charge in [0.2, 0.25) is 65.0 Å². The van der Waals surface area contributed by atoms with E-state index in [1.807, 2.05) is 20.8 Å². The Morgan fingerprint density at radius 3 is 1.77 bits per heavy atom. The maximum atomic E-state index is 15.5. The lowest BCUT2D eigenvalue weighted by Gasteiger charge is -2.47. The highest BCUT2D eigenvalue weighted by Crippen LogP contribution is 2.46. The molecule has 0 aromatic rings. The largest absolute Gasteiger partial charge is 0.397 e. The normalized spacial score (nSPS) is 32.9. The van der Waals surface area contributed by atoms with Crippen molar-refractivity contribution >= 4 is 65.0 Å². The predicted molar refractivity (Wildman–Crippen MR) is 371 cm³/mol. The van der Waals surface area contributed by atoms with Crippen LogP contribution in [-0.4, -0.2) is 263 Å². The van der Waals surface area contributed by atoms with Gasteiger partial charge in [-0.05, 0) is 146 Å². The van der Waals surface area contributed by atoms with Crippen LogP contribution in [0.4, 0.5) is 35.1 Å². The molecule has 0 radical (unpaired) electrons. The van der Waals surface area contributed by atoms with Crippen LogP contribution in [-0.2, 0) is 57.5 Å². The van der Waals surface area contributed by atoms with Crippen LogP contribution >= 0.6 is 0 Å². The third-order valence-corrected chi connectivity index (χ3v) is 24.3. The Morgan fingerprint density at radius 1 is 0.581 bits per heavy atom. The van der Waals surface area contributed by atoms with Crippen molar-refractivity contribution in [2.24, 2.45) is 41.4 Å². The molecule has 3 saturated heterocycles. The van der Waals surface area contributed by atoms with Crippen LogP contribution in [0.2, 0.25) is 0 Å². The van der Waals surface area contributed by atoms with Crippen molar-refractivity contribution < 1.29 is 92.6 Å². The highest BCUT2D eigenvalue weighted by Gasteiger charge is 2.56. The topological polar surface area (TPSA) is 259 Å². The summed E-state index contributed by atoms with van der Waals surface area (Å²) in [4.78, 5) is 176. The van der Waals surface area contributed by atoms with Gasteiger partial charge < -0.3 is 59.9 Å². The molecular weight excluding hydrogens is 1390 g/mol. The van der Waals surface area contributed by atoms with E-state index in [2.05, 4.69) is 16.0 Å².